The zero-order valence-corrected chi connectivity index (χ0v) is 15.0. The van der Waals surface area contributed by atoms with Crippen molar-refractivity contribution < 1.29 is 17.5 Å². The molecule has 0 aliphatic rings. The molecule has 0 amide bonds. The van der Waals surface area contributed by atoms with Gasteiger partial charge < -0.3 is 4.74 Å². The molecular formula is C16H12ClFN4O3S. The van der Waals surface area contributed by atoms with Crippen molar-refractivity contribution in [3.8, 4) is 11.8 Å². The van der Waals surface area contributed by atoms with Crippen LogP contribution in [-0.4, -0.2) is 25.1 Å². The fraction of sp³-hybridized carbons (Fsp3) is 0.125. The van der Waals surface area contributed by atoms with Crippen molar-refractivity contribution in [3.63, 3.8) is 0 Å². The molecule has 0 aliphatic carbocycles. The van der Waals surface area contributed by atoms with E-state index in [4.69, 9.17) is 21.6 Å². The van der Waals surface area contributed by atoms with Gasteiger partial charge in [0.05, 0.1) is 42.0 Å². The van der Waals surface area contributed by atoms with Crippen LogP contribution < -0.4 is 9.46 Å². The number of nitrogens with one attached hydrogen (secondary N) is 1. The smallest absolute Gasteiger partial charge is 0.265 e. The van der Waals surface area contributed by atoms with E-state index in [1.165, 1.54) is 42.2 Å². The lowest BCUT2D eigenvalue weighted by atomic mass is 10.1. The maximum Gasteiger partial charge on any atom is 0.265 e. The molecule has 0 atom stereocenters. The normalized spacial score (nSPS) is 11.3. The van der Waals surface area contributed by atoms with Gasteiger partial charge in [0, 0.05) is 17.8 Å². The highest BCUT2D eigenvalue weighted by Gasteiger charge is 2.22. The number of sulfonamides is 1. The molecule has 0 saturated heterocycles. The van der Waals surface area contributed by atoms with Gasteiger partial charge in [0.15, 0.2) is 0 Å². The van der Waals surface area contributed by atoms with Crippen molar-refractivity contribution >= 4 is 32.8 Å². The molecule has 3 rings (SSSR count). The molecule has 2 aromatic heterocycles. The van der Waals surface area contributed by atoms with Crippen LogP contribution in [0.3, 0.4) is 0 Å². The van der Waals surface area contributed by atoms with Crippen LogP contribution in [0.15, 0.2) is 41.6 Å². The minimum Gasteiger partial charge on any atom is -0.495 e. The average molecular weight is 395 g/mol. The summed E-state index contributed by atoms with van der Waals surface area (Å²) in [4.78, 5) is -0.0993. The maximum absolute atomic E-state index is 14.1. The van der Waals surface area contributed by atoms with E-state index in [1.54, 1.807) is 0 Å². The molecule has 0 aliphatic heterocycles. The Morgan fingerprint density at radius 2 is 2.19 bits per heavy atom. The molecule has 2 heterocycles. The molecule has 0 saturated carbocycles. The number of pyridine rings is 1. The SMILES string of the molecule is COc1cc(CC#N)c(F)cc1NS(=O)(=O)c1cnn2cc(Cl)ccc12. The average Bonchev–Trinajstić information content (AvgIpc) is 3.01. The third kappa shape index (κ3) is 3.29. The Balaban J connectivity index is 2.04. The van der Waals surface area contributed by atoms with Crippen LogP contribution >= 0.6 is 11.6 Å². The Bertz CT molecular complexity index is 1140. The Labute approximate surface area is 153 Å². The summed E-state index contributed by atoms with van der Waals surface area (Å²) in [5.41, 5.74) is 0.334. The Morgan fingerprint density at radius 3 is 2.88 bits per heavy atom. The van der Waals surface area contributed by atoms with Crippen molar-refractivity contribution in [2.75, 3.05) is 11.8 Å². The zero-order valence-electron chi connectivity index (χ0n) is 13.4. The molecule has 0 fully saturated rings. The van der Waals surface area contributed by atoms with Crippen molar-refractivity contribution in [1.82, 2.24) is 9.61 Å². The van der Waals surface area contributed by atoms with Gasteiger partial charge >= 0.3 is 0 Å². The number of aromatic nitrogens is 2. The van der Waals surface area contributed by atoms with Gasteiger partial charge in [-0.25, -0.2) is 17.3 Å². The number of rotatable bonds is 5. The topological polar surface area (TPSA) is 96.5 Å². The molecule has 1 aromatic carbocycles. The second-order valence-corrected chi connectivity index (χ2v) is 7.36. The maximum atomic E-state index is 14.1. The van der Waals surface area contributed by atoms with E-state index >= 15 is 0 Å². The van der Waals surface area contributed by atoms with E-state index in [-0.39, 0.29) is 28.3 Å². The van der Waals surface area contributed by atoms with Gasteiger partial charge in [0.25, 0.3) is 10.0 Å². The van der Waals surface area contributed by atoms with Crippen LogP contribution in [0.5, 0.6) is 5.75 Å². The first-order valence-corrected chi connectivity index (χ1v) is 9.11. The fourth-order valence-corrected chi connectivity index (χ4v) is 3.74. The van der Waals surface area contributed by atoms with Gasteiger partial charge in [-0.3, -0.25) is 4.72 Å². The molecule has 0 radical (unpaired) electrons. The number of anilines is 1. The summed E-state index contributed by atoms with van der Waals surface area (Å²) in [6, 6.07) is 7.14. The predicted octanol–water partition coefficient (Wildman–Crippen LogP) is 3.00. The Kier molecular flexibility index (Phi) is 4.71. The number of benzene rings is 1. The predicted molar refractivity (Wildman–Crippen MR) is 93.3 cm³/mol. The summed E-state index contributed by atoms with van der Waals surface area (Å²) in [7, 11) is -2.75. The largest absolute Gasteiger partial charge is 0.495 e. The molecule has 10 heteroatoms. The highest BCUT2D eigenvalue weighted by Crippen LogP contribution is 2.31. The van der Waals surface area contributed by atoms with Crippen LogP contribution in [0, 0.1) is 17.1 Å². The summed E-state index contributed by atoms with van der Waals surface area (Å²) in [6.07, 6.45) is 2.47. The molecule has 0 spiro atoms. The minimum atomic E-state index is -4.07. The number of methoxy groups -OCH3 is 1. The summed E-state index contributed by atoms with van der Waals surface area (Å²) >= 11 is 5.86. The van der Waals surface area contributed by atoms with Gasteiger partial charge in [-0.2, -0.15) is 10.4 Å². The zero-order chi connectivity index (χ0) is 18.9. The first-order valence-electron chi connectivity index (χ1n) is 7.25. The highest BCUT2D eigenvalue weighted by atomic mass is 35.5. The second kappa shape index (κ2) is 6.82. The molecule has 0 bridgehead atoms. The molecule has 26 heavy (non-hydrogen) atoms. The molecule has 1 N–H and O–H groups in total. The van der Waals surface area contributed by atoms with Crippen molar-refractivity contribution in [3.05, 3.63) is 53.1 Å². The van der Waals surface area contributed by atoms with Crippen molar-refractivity contribution in [1.29, 1.82) is 5.26 Å². The molecule has 0 unspecified atom stereocenters. The first kappa shape index (κ1) is 18.0. The number of hydrogen-bond acceptors (Lipinski definition) is 5. The molecule has 134 valence electrons. The van der Waals surface area contributed by atoms with E-state index in [9.17, 15) is 12.8 Å². The first-order chi connectivity index (χ1) is 12.4. The van der Waals surface area contributed by atoms with Crippen LogP contribution in [0.4, 0.5) is 10.1 Å². The van der Waals surface area contributed by atoms with Crippen LogP contribution in [0.25, 0.3) is 5.52 Å². The molecule has 7 nitrogen and oxygen atoms in total. The van der Waals surface area contributed by atoms with Gasteiger partial charge in [-0.05, 0) is 18.2 Å². The lowest BCUT2D eigenvalue weighted by Gasteiger charge is -2.13. The third-order valence-corrected chi connectivity index (χ3v) is 5.22. The van der Waals surface area contributed by atoms with E-state index < -0.39 is 15.8 Å². The minimum absolute atomic E-state index is 0.0833. The quantitative estimate of drug-likeness (QED) is 0.717. The van der Waals surface area contributed by atoms with Crippen molar-refractivity contribution in [2.45, 2.75) is 11.3 Å². The van der Waals surface area contributed by atoms with E-state index in [0.29, 0.717) is 10.5 Å². The molecular weight excluding hydrogens is 383 g/mol. The highest BCUT2D eigenvalue weighted by molar-refractivity contribution is 7.93. The van der Waals surface area contributed by atoms with E-state index in [0.717, 1.165) is 6.07 Å². The van der Waals surface area contributed by atoms with E-state index in [1.807, 2.05) is 6.07 Å². The number of hydrogen-bond donors (Lipinski definition) is 1. The number of fused-ring (bicyclic) bond motifs is 1. The standard InChI is InChI=1S/C16H12ClFN4O3S/c1-25-15-6-10(4-5-19)12(18)7-13(15)21-26(23,24)16-8-20-22-9-11(17)2-3-14(16)22/h2-3,6-9,21H,4H2,1H3. The molecule has 3 aromatic rings. The lowest BCUT2D eigenvalue weighted by molar-refractivity contribution is 0.415. The number of halogens is 2. The summed E-state index contributed by atoms with van der Waals surface area (Å²) in [6.45, 7) is 0. The summed E-state index contributed by atoms with van der Waals surface area (Å²) in [5, 5.41) is 13.1. The Morgan fingerprint density at radius 1 is 1.42 bits per heavy atom. The number of nitrogens with zero attached hydrogens (tertiary/aromatic N) is 3. The van der Waals surface area contributed by atoms with Crippen LogP contribution in [0.1, 0.15) is 5.56 Å². The summed E-state index contributed by atoms with van der Waals surface area (Å²) in [5.74, 6) is -0.614. The van der Waals surface area contributed by atoms with Gasteiger partial charge in [-0.15, -0.1) is 0 Å². The fourth-order valence-electron chi connectivity index (χ4n) is 2.41. The Hall–Kier alpha value is -2.83. The van der Waals surface area contributed by atoms with Crippen LogP contribution in [0.2, 0.25) is 5.02 Å². The van der Waals surface area contributed by atoms with Crippen molar-refractivity contribution in [2.24, 2.45) is 0 Å². The second-order valence-electron chi connectivity index (χ2n) is 5.27. The lowest BCUT2D eigenvalue weighted by Crippen LogP contribution is -2.14. The van der Waals surface area contributed by atoms with Gasteiger partial charge in [0.1, 0.15) is 16.5 Å². The van der Waals surface area contributed by atoms with Gasteiger partial charge in [-0.1, -0.05) is 11.6 Å². The third-order valence-electron chi connectivity index (χ3n) is 3.62. The number of ether oxygens (including phenoxy) is 1. The number of nitriles is 1. The monoisotopic (exact) mass is 394 g/mol. The summed E-state index contributed by atoms with van der Waals surface area (Å²) < 4.78 is 48.3. The van der Waals surface area contributed by atoms with E-state index in [2.05, 4.69) is 9.82 Å². The van der Waals surface area contributed by atoms with Crippen LogP contribution in [-0.2, 0) is 16.4 Å². The van der Waals surface area contributed by atoms with Gasteiger partial charge in [0.2, 0.25) is 0 Å².